The lowest BCUT2D eigenvalue weighted by Gasteiger charge is -2.14. The van der Waals surface area contributed by atoms with Crippen molar-refractivity contribution in [2.24, 2.45) is 0 Å². The van der Waals surface area contributed by atoms with E-state index in [-0.39, 0.29) is 27.6 Å². The molecule has 0 fully saturated rings. The van der Waals surface area contributed by atoms with Crippen LogP contribution in [0, 0.1) is 6.92 Å². The number of aromatic nitrogens is 4. The normalized spacial score (nSPS) is 11.5. The number of nitrogens with zero attached hydrogens (tertiary/aromatic N) is 3. The average Bonchev–Trinajstić information content (AvgIpc) is 3.09. The van der Waals surface area contributed by atoms with Gasteiger partial charge in [0, 0.05) is 30.1 Å². The summed E-state index contributed by atoms with van der Waals surface area (Å²) < 4.78 is 7.27. The number of aryl methyl sites for hydroxylation is 1. The number of pyridine rings is 2. The van der Waals surface area contributed by atoms with E-state index in [0.29, 0.717) is 28.4 Å². The fourth-order valence-electron chi connectivity index (χ4n) is 3.00. The number of H-pyrrole nitrogens is 1. The van der Waals surface area contributed by atoms with Crippen molar-refractivity contribution >= 4 is 22.8 Å². The number of rotatable bonds is 3. The smallest absolute Gasteiger partial charge is 0.269 e. The van der Waals surface area contributed by atoms with Crippen LogP contribution in [-0.4, -0.2) is 19.5 Å². The van der Waals surface area contributed by atoms with Gasteiger partial charge in [0.05, 0.1) is 0 Å². The molecule has 4 rings (SSSR count). The molecule has 4 heterocycles. The van der Waals surface area contributed by atoms with Crippen LogP contribution < -0.4 is 11.0 Å². The van der Waals surface area contributed by atoms with Crippen LogP contribution in [0.15, 0.2) is 50.7 Å². The molecule has 4 aromatic rings. The zero-order valence-electron chi connectivity index (χ0n) is 15.5. The Hall–Kier alpha value is -3.19. The lowest BCUT2D eigenvalue weighted by Crippen LogP contribution is -2.22. The second-order valence-corrected chi connectivity index (χ2v) is 7.16. The summed E-state index contributed by atoms with van der Waals surface area (Å²) >= 11 is 6.19. The minimum Gasteiger partial charge on any atom is -0.460 e. The minimum absolute atomic E-state index is 0.0663. The van der Waals surface area contributed by atoms with Crippen LogP contribution in [0.5, 0.6) is 0 Å². The van der Waals surface area contributed by atoms with Crippen LogP contribution in [0.25, 0.3) is 33.9 Å². The molecule has 8 heteroatoms. The first-order valence-corrected chi connectivity index (χ1v) is 9.11. The molecule has 0 radical (unpaired) electrons. The van der Waals surface area contributed by atoms with Crippen molar-refractivity contribution in [1.82, 2.24) is 19.5 Å². The second kappa shape index (κ2) is 6.76. The Bertz CT molecular complexity index is 1320. The molecule has 7 nitrogen and oxygen atoms in total. The van der Waals surface area contributed by atoms with E-state index in [4.69, 9.17) is 16.0 Å². The maximum atomic E-state index is 12.3. The quantitative estimate of drug-likeness (QED) is 0.565. The van der Waals surface area contributed by atoms with Crippen LogP contribution in [-0.2, 0) is 0 Å². The van der Waals surface area contributed by atoms with E-state index in [2.05, 4.69) is 15.0 Å². The maximum absolute atomic E-state index is 12.3. The first kappa shape index (κ1) is 18.2. The lowest BCUT2D eigenvalue weighted by molar-refractivity contribution is 0.546. The Morgan fingerprint density at radius 2 is 1.93 bits per heavy atom. The van der Waals surface area contributed by atoms with Gasteiger partial charge in [-0.1, -0.05) is 11.6 Å². The largest absolute Gasteiger partial charge is 0.460 e. The molecule has 1 N–H and O–H groups in total. The lowest BCUT2D eigenvalue weighted by atomic mass is 10.1. The molecular formula is C20H17ClN4O3. The molecular weight excluding hydrogens is 380 g/mol. The summed E-state index contributed by atoms with van der Waals surface area (Å²) in [5, 5.41) is 0.0663. The van der Waals surface area contributed by atoms with E-state index in [1.54, 1.807) is 12.3 Å². The van der Waals surface area contributed by atoms with Crippen molar-refractivity contribution in [3.63, 3.8) is 0 Å². The highest BCUT2D eigenvalue weighted by molar-refractivity contribution is 6.30. The summed E-state index contributed by atoms with van der Waals surface area (Å²) in [5.74, 6) is 1.22. The molecule has 0 bridgehead atoms. The second-order valence-electron chi connectivity index (χ2n) is 6.75. The van der Waals surface area contributed by atoms with Gasteiger partial charge in [0.2, 0.25) is 5.43 Å². The third-order valence-corrected chi connectivity index (χ3v) is 4.66. The van der Waals surface area contributed by atoms with E-state index in [0.717, 1.165) is 5.76 Å². The summed E-state index contributed by atoms with van der Waals surface area (Å²) in [5.41, 5.74) is 1.43. The van der Waals surface area contributed by atoms with E-state index in [9.17, 15) is 9.59 Å². The predicted molar refractivity (Wildman–Crippen MR) is 108 cm³/mol. The van der Waals surface area contributed by atoms with E-state index < -0.39 is 0 Å². The number of halogens is 1. The fraction of sp³-hybridized carbons (Fsp3) is 0.200. The van der Waals surface area contributed by atoms with Crippen LogP contribution in [0.1, 0.15) is 25.6 Å². The number of hydrogen-bond acceptors (Lipinski definition) is 5. The highest BCUT2D eigenvalue weighted by Gasteiger charge is 2.19. The molecule has 28 heavy (non-hydrogen) atoms. The zero-order valence-corrected chi connectivity index (χ0v) is 16.2. The van der Waals surface area contributed by atoms with Gasteiger partial charge in [-0.15, -0.1) is 0 Å². The summed E-state index contributed by atoms with van der Waals surface area (Å²) in [6.07, 6.45) is 3.19. The van der Waals surface area contributed by atoms with E-state index >= 15 is 0 Å². The van der Waals surface area contributed by atoms with Gasteiger partial charge in [0.1, 0.15) is 22.2 Å². The van der Waals surface area contributed by atoms with Crippen LogP contribution in [0.2, 0.25) is 5.02 Å². The topological polar surface area (TPSA) is 93.8 Å². The third-order valence-electron chi connectivity index (χ3n) is 4.39. The van der Waals surface area contributed by atoms with Crippen LogP contribution in [0.3, 0.4) is 0 Å². The fourth-order valence-corrected chi connectivity index (χ4v) is 3.21. The molecule has 0 atom stereocenters. The van der Waals surface area contributed by atoms with Crippen molar-refractivity contribution < 1.29 is 4.42 Å². The Labute approximate surface area is 164 Å². The zero-order chi connectivity index (χ0) is 20.0. The van der Waals surface area contributed by atoms with E-state index in [1.165, 1.54) is 22.9 Å². The number of hydrogen-bond donors (Lipinski definition) is 1. The van der Waals surface area contributed by atoms with Crippen LogP contribution in [0.4, 0.5) is 0 Å². The van der Waals surface area contributed by atoms with Crippen molar-refractivity contribution in [1.29, 1.82) is 0 Å². The average molecular weight is 397 g/mol. The van der Waals surface area contributed by atoms with Crippen molar-refractivity contribution in [2.45, 2.75) is 26.8 Å². The molecule has 0 aliphatic rings. The maximum Gasteiger partial charge on any atom is 0.269 e. The number of furan rings is 1. The number of nitrogens with one attached hydrogen (secondary N) is 1. The molecule has 0 aliphatic heterocycles. The number of fused-ring (bicyclic) bond motifs is 1. The van der Waals surface area contributed by atoms with Crippen molar-refractivity contribution in [3.05, 3.63) is 68.0 Å². The van der Waals surface area contributed by atoms with Crippen LogP contribution >= 0.6 is 11.6 Å². The highest BCUT2D eigenvalue weighted by atomic mass is 35.5. The molecule has 0 unspecified atom stereocenters. The Morgan fingerprint density at radius 1 is 1.14 bits per heavy atom. The monoisotopic (exact) mass is 396 g/mol. The summed E-state index contributed by atoms with van der Waals surface area (Å²) in [6.45, 7) is 5.60. The highest BCUT2D eigenvalue weighted by Crippen LogP contribution is 2.32. The summed E-state index contributed by atoms with van der Waals surface area (Å²) in [4.78, 5) is 36.7. The first-order chi connectivity index (χ1) is 13.3. The number of aromatic amines is 1. The first-order valence-electron chi connectivity index (χ1n) is 8.73. The van der Waals surface area contributed by atoms with Gasteiger partial charge in [0.25, 0.3) is 5.56 Å². The predicted octanol–water partition coefficient (Wildman–Crippen LogP) is 3.95. The SMILES string of the molecule is Cc1ccc(-c2nc3[nH]ccc(=O)c3nc2-c2cc(Cl)c(=O)n(C(C)C)c2)o1. The summed E-state index contributed by atoms with van der Waals surface area (Å²) in [6, 6.07) is 6.43. The molecule has 142 valence electrons. The van der Waals surface area contributed by atoms with Gasteiger partial charge < -0.3 is 14.0 Å². The minimum atomic E-state index is -0.289. The standard InChI is InChI=1S/C20H17ClN4O3/c1-10(2)25-9-12(8-13(21)20(25)27)16-18(15-5-4-11(3)28-15)24-19-17(23-16)14(26)6-7-22-19/h4-10H,1-3H3,(H,22,24,26). The van der Waals surface area contributed by atoms with Crippen molar-refractivity contribution in [2.75, 3.05) is 0 Å². The Balaban J connectivity index is 2.09. The molecule has 4 aromatic heterocycles. The molecule has 0 aromatic carbocycles. The molecule has 0 spiro atoms. The Kier molecular flexibility index (Phi) is 4.39. The van der Waals surface area contributed by atoms with Gasteiger partial charge >= 0.3 is 0 Å². The third kappa shape index (κ3) is 3.03. The van der Waals surface area contributed by atoms with Gasteiger partial charge in [-0.25, -0.2) is 9.97 Å². The molecule has 0 aliphatic carbocycles. The Morgan fingerprint density at radius 3 is 2.61 bits per heavy atom. The van der Waals surface area contributed by atoms with Gasteiger partial charge in [0.15, 0.2) is 16.9 Å². The van der Waals surface area contributed by atoms with E-state index in [1.807, 2.05) is 26.8 Å². The molecule has 0 saturated heterocycles. The van der Waals surface area contributed by atoms with Gasteiger partial charge in [-0.05, 0) is 39.0 Å². The van der Waals surface area contributed by atoms with Gasteiger partial charge in [-0.2, -0.15) is 0 Å². The summed E-state index contributed by atoms with van der Waals surface area (Å²) in [7, 11) is 0. The van der Waals surface area contributed by atoms with Gasteiger partial charge in [-0.3, -0.25) is 9.59 Å². The van der Waals surface area contributed by atoms with Crippen molar-refractivity contribution in [3.8, 4) is 22.7 Å². The molecule has 0 saturated carbocycles. The molecule has 0 amide bonds.